The van der Waals surface area contributed by atoms with Gasteiger partial charge in [-0.1, -0.05) is 34.1 Å². The molecule has 4 rings (SSSR count). The van der Waals surface area contributed by atoms with Crippen LogP contribution >= 0.6 is 27.3 Å². The van der Waals surface area contributed by atoms with E-state index in [1.165, 1.54) is 5.56 Å². The molecular weight excluding hydrogens is 476 g/mol. The summed E-state index contributed by atoms with van der Waals surface area (Å²) >= 11 is 4.99. The molecule has 0 saturated carbocycles. The zero-order valence-electron chi connectivity index (χ0n) is 16.7. The molecule has 0 unspecified atom stereocenters. The molecule has 7 heteroatoms. The van der Waals surface area contributed by atoms with Crippen molar-refractivity contribution in [1.29, 1.82) is 0 Å². The van der Waals surface area contributed by atoms with Crippen LogP contribution in [0.5, 0.6) is 0 Å². The molecule has 5 nitrogen and oxygen atoms in total. The second kappa shape index (κ2) is 9.41. The predicted molar refractivity (Wildman–Crippen MR) is 127 cm³/mol. The van der Waals surface area contributed by atoms with Crippen molar-refractivity contribution >= 4 is 55.0 Å². The zero-order chi connectivity index (χ0) is 21.8. The molecule has 0 spiro atoms. The number of benzene rings is 3. The Balaban J connectivity index is 1.31. The molecule has 3 aromatic carbocycles. The van der Waals surface area contributed by atoms with Gasteiger partial charge in [0.05, 0.1) is 16.6 Å². The average molecular weight is 495 g/mol. The monoisotopic (exact) mass is 494 g/mol. The number of hydrogen-bond donors (Lipinski definition) is 1. The summed E-state index contributed by atoms with van der Waals surface area (Å²) in [4.78, 5) is 28.7. The Labute approximate surface area is 192 Å². The number of nitrogens with zero attached hydrogens (tertiary/aromatic N) is 1. The number of fused-ring (bicyclic) bond motifs is 1. The number of carbonyl (C=O) groups is 2. The molecule has 4 aromatic rings. The van der Waals surface area contributed by atoms with E-state index in [2.05, 4.69) is 45.3 Å². The van der Waals surface area contributed by atoms with Crippen molar-refractivity contribution < 1.29 is 14.3 Å². The van der Waals surface area contributed by atoms with Crippen LogP contribution in [0.3, 0.4) is 0 Å². The van der Waals surface area contributed by atoms with Crippen molar-refractivity contribution in [2.75, 3.05) is 11.9 Å². The van der Waals surface area contributed by atoms with Crippen LogP contribution in [-0.4, -0.2) is 23.5 Å². The van der Waals surface area contributed by atoms with Crippen molar-refractivity contribution in [3.05, 3.63) is 82.3 Å². The fourth-order valence-corrected chi connectivity index (χ4v) is 4.35. The minimum absolute atomic E-state index is 0.122. The number of aromatic nitrogens is 1. The number of carbonyl (C=O) groups excluding carboxylic acids is 2. The van der Waals surface area contributed by atoms with Gasteiger partial charge in [-0.15, -0.1) is 11.3 Å². The van der Waals surface area contributed by atoms with Gasteiger partial charge < -0.3 is 10.1 Å². The molecule has 0 fully saturated rings. The topological polar surface area (TPSA) is 68.3 Å². The minimum Gasteiger partial charge on any atom is -0.455 e. The lowest BCUT2D eigenvalue weighted by Crippen LogP contribution is -2.21. The Morgan fingerprint density at radius 1 is 1.03 bits per heavy atom. The first kappa shape index (κ1) is 21.2. The average Bonchev–Trinajstić information content (AvgIpc) is 3.17. The Hall–Kier alpha value is -3.03. The number of anilines is 1. The number of thiazole rings is 1. The lowest BCUT2D eigenvalue weighted by atomic mass is 10.2. The van der Waals surface area contributed by atoms with Gasteiger partial charge in [-0.3, -0.25) is 9.59 Å². The summed E-state index contributed by atoms with van der Waals surface area (Å²) in [5.41, 5.74) is 4.63. The van der Waals surface area contributed by atoms with Gasteiger partial charge in [-0.05, 0) is 66.6 Å². The highest BCUT2D eigenvalue weighted by molar-refractivity contribution is 9.10. The number of ether oxygens (including phenoxy) is 1. The van der Waals surface area contributed by atoms with E-state index in [9.17, 15) is 9.59 Å². The molecule has 1 aromatic heterocycles. The van der Waals surface area contributed by atoms with Gasteiger partial charge in [-0.25, -0.2) is 4.98 Å². The third-order valence-electron chi connectivity index (χ3n) is 4.59. The molecule has 156 valence electrons. The van der Waals surface area contributed by atoms with Crippen molar-refractivity contribution in [1.82, 2.24) is 4.98 Å². The maximum Gasteiger partial charge on any atom is 0.310 e. The molecule has 0 aliphatic carbocycles. The van der Waals surface area contributed by atoms with Crippen LogP contribution in [-0.2, 0) is 20.7 Å². The molecule has 0 saturated heterocycles. The van der Waals surface area contributed by atoms with Gasteiger partial charge >= 0.3 is 5.97 Å². The van der Waals surface area contributed by atoms with E-state index in [-0.39, 0.29) is 18.9 Å². The molecule has 0 aliphatic rings. The summed E-state index contributed by atoms with van der Waals surface area (Å²) in [6.45, 7) is 1.74. The van der Waals surface area contributed by atoms with Crippen molar-refractivity contribution in [3.8, 4) is 10.6 Å². The standard InChI is InChI=1S/C24H19BrN2O3S/c1-15-2-11-20-21(12-15)31-24(27-20)17-5-9-19(10-6-17)26-22(28)14-30-23(29)13-16-3-7-18(25)8-4-16/h2-12H,13-14H2,1H3,(H,26,28). The number of amides is 1. The van der Waals surface area contributed by atoms with E-state index in [1.807, 2.05) is 54.6 Å². The normalized spacial score (nSPS) is 10.8. The van der Waals surface area contributed by atoms with Gasteiger partial charge in [0.2, 0.25) is 0 Å². The molecule has 31 heavy (non-hydrogen) atoms. The Bertz CT molecular complexity index is 1230. The highest BCUT2D eigenvalue weighted by Crippen LogP contribution is 2.31. The lowest BCUT2D eigenvalue weighted by Gasteiger charge is -2.07. The van der Waals surface area contributed by atoms with Gasteiger partial charge in [0.25, 0.3) is 5.91 Å². The van der Waals surface area contributed by atoms with Crippen LogP contribution in [0.4, 0.5) is 5.69 Å². The first-order chi connectivity index (χ1) is 15.0. The fraction of sp³-hybridized carbons (Fsp3) is 0.125. The maximum absolute atomic E-state index is 12.1. The summed E-state index contributed by atoms with van der Waals surface area (Å²) in [6.07, 6.45) is 0.122. The molecule has 0 bridgehead atoms. The lowest BCUT2D eigenvalue weighted by molar-refractivity contribution is -0.146. The number of rotatable bonds is 6. The smallest absolute Gasteiger partial charge is 0.310 e. The van der Waals surface area contributed by atoms with E-state index in [4.69, 9.17) is 4.74 Å². The van der Waals surface area contributed by atoms with Crippen LogP contribution < -0.4 is 5.32 Å². The van der Waals surface area contributed by atoms with E-state index < -0.39 is 5.97 Å². The summed E-state index contributed by atoms with van der Waals surface area (Å²) < 4.78 is 7.16. The molecule has 0 atom stereocenters. The predicted octanol–water partition coefficient (Wildman–Crippen LogP) is 5.76. The Morgan fingerprint density at radius 3 is 2.52 bits per heavy atom. The van der Waals surface area contributed by atoms with Gasteiger partial charge in [-0.2, -0.15) is 0 Å². The molecule has 1 amide bonds. The van der Waals surface area contributed by atoms with Gasteiger partial charge in [0.1, 0.15) is 5.01 Å². The van der Waals surface area contributed by atoms with Crippen LogP contribution in [0, 0.1) is 6.92 Å². The number of esters is 1. The highest BCUT2D eigenvalue weighted by atomic mass is 79.9. The number of halogens is 1. The maximum atomic E-state index is 12.1. The quantitative estimate of drug-likeness (QED) is 0.346. The number of nitrogens with one attached hydrogen (secondary N) is 1. The second-order valence-corrected chi connectivity index (χ2v) is 9.03. The number of aryl methyl sites for hydroxylation is 1. The van der Waals surface area contributed by atoms with Gasteiger partial charge in [0.15, 0.2) is 6.61 Å². The summed E-state index contributed by atoms with van der Waals surface area (Å²) in [5, 5.41) is 3.67. The van der Waals surface area contributed by atoms with Crippen molar-refractivity contribution in [2.24, 2.45) is 0 Å². The SMILES string of the molecule is Cc1ccc2nc(-c3ccc(NC(=O)COC(=O)Cc4ccc(Br)cc4)cc3)sc2c1. The first-order valence-electron chi connectivity index (χ1n) is 9.64. The van der Waals surface area contributed by atoms with Crippen LogP contribution in [0.2, 0.25) is 0 Å². The summed E-state index contributed by atoms with van der Waals surface area (Å²) in [6, 6.07) is 21.0. The molecule has 1 heterocycles. The number of hydrogen-bond acceptors (Lipinski definition) is 5. The third-order valence-corrected chi connectivity index (χ3v) is 6.18. The summed E-state index contributed by atoms with van der Waals surface area (Å²) in [5.74, 6) is -0.828. The Morgan fingerprint density at radius 2 is 1.77 bits per heavy atom. The molecule has 1 N–H and O–H groups in total. The van der Waals surface area contributed by atoms with E-state index in [0.29, 0.717) is 5.69 Å². The first-order valence-corrected chi connectivity index (χ1v) is 11.2. The fourth-order valence-electron chi connectivity index (χ4n) is 3.01. The largest absolute Gasteiger partial charge is 0.455 e. The van der Waals surface area contributed by atoms with E-state index in [1.54, 1.807) is 11.3 Å². The summed E-state index contributed by atoms with van der Waals surface area (Å²) in [7, 11) is 0. The van der Waals surface area contributed by atoms with Crippen molar-refractivity contribution in [3.63, 3.8) is 0 Å². The third kappa shape index (κ3) is 5.57. The van der Waals surface area contributed by atoms with E-state index >= 15 is 0 Å². The highest BCUT2D eigenvalue weighted by Gasteiger charge is 2.10. The zero-order valence-corrected chi connectivity index (χ0v) is 19.1. The second-order valence-electron chi connectivity index (χ2n) is 7.08. The van der Waals surface area contributed by atoms with Gasteiger partial charge in [0, 0.05) is 15.7 Å². The van der Waals surface area contributed by atoms with E-state index in [0.717, 1.165) is 30.8 Å². The Kier molecular flexibility index (Phi) is 6.44. The van der Waals surface area contributed by atoms with Crippen LogP contribution in [0.25, 0.3) is 20.8 Å². The minimum atomic E-state index is -0.445. The van der Waals surface area contributed by atoms with Crippen LogP contribution in [0.1, 0.15) is 11.1 Å². The molecule has 0 radical (unpaired) electrons. The van der Waals surface area contributed by atoms with Crippen molar-refractivity contribution in [2.45, 2.75) is 13.3 Å². The molecule has 0 aliphatic heterocycles. The van der Waals surface area contributed by atoms with Crippen LogP contribution in [0.15, 0.2) is 71.2 Å². The molecular formula is C24H19BrN2O3S.